The molecule has 1 fully saturated rings. The average Bonchev–Trinajstić information content (AvgIpc) is 2.97. The predicted octanol–water partition coefficient (Wildman–Crippen LogP) is 4.89. The highest BCUT2D eigenvalue weighted by Crippen LogP contribution is 2.39. The lowest BCUT2D eigenvalue weighted by Crippen LogP contribution is -2.51. The minimum atomic E-state index is -0.621. The van der Waals surface area contributed by atoms with Crippen molar-refractivity contribution in [2.24, 2.45) is 4.99 Å². The zero-order valence-corrected chi connectivity index (χ0v) is 18.1. The van der Waals surface area contributed by atoms with E-state index in [0.29, 0.717) is 10.7 Å². The predicted molar refractivity (Wildman–Crippen MR) is 120 cm³/mol. The van der Waals surface area contributed by atoms with Gasteiger partial charge in [0.25, 0.3) is 5.91 Å². The van der Waals surface area contributed by atoms with Crippen LogP contribution in [0.25, 0.3) is 0 Å². The van der Waals surface area contributed by atoms with Gasteiger partial charge in [-0.1, -0.05) is 47.9 Å². The Morgan fingerprint density at radius 2 is 1.80 bits per heavy atom. The number of aliphatic imine (C=N–C) groups is 1. The summed E-state index contributed by atoms with van der Waals surface area (Å²) < 4.78 is 0. The molecule has 0 unspecified atom stereocenters. The Labute approximate surface area is 182 Å². The number of carbonyl (C=O) groups excluding carboxylic acids is 2. The highest BCUT2D eigenvalue weighted by Gasteiger charge is 2.48. The van der Waals surface area contributed by atoms with Gasteiger partial charge < -0.3 is 10.2 Å². The molecular formula is C24H26ClN3O2. The van der Waals surface area contributed by atoms with E-state index in [2.05, 4.69) is 5.32 Å². The molecule has 0 bridgehead atoms. The van der Waals surface area contributed by atoms with Gasteiger partial charge in [0, 0.05) is 16.3 Å². The lowest BCUT2D eigenvalue weighted by molar-refractivity contribution is -0.134. The summed E-state index contributed by atoms with van der Waals surface area (Å²) >= 11 is 6.01. The summed E-state index contributed by atoms with van der Waals surface area (Å²) in [4.78, 5) is 32.8. The van der Waals surface area contributed by atoms with Crippen molar-refractivity contribution in [2.75, 3.05) is 11.9 Å². The smallest absolute Gasteiger partial charge is 0.275 e. The van der Waals surface area contributed by atoms with Crippen molar-refractivity contribution in [2.45, 2.75) is 51.6 Å². The molecule has 1 heterocycles. The van der Waals surface area contributed by atoms with Gasteiger partial charge in [0.15, 0.2) is 0 Å². The number of nitrogens with zero attached hydrogens (tertiary/aromatic N) is 2. The molecule has 6 heteroatoms. The Morgan fingerprint density at radius 1 is 1.10 bits per heavy atom. The van der Waals surface area contributed by atoms with Gasteiger partial charge in [0.1, 0.15) is 17.9 Å². The van der Waals surface area contributed by atoms with E-state index in [1.807, 2.05) is 44.2 Å². The number of rotatable bonds is 4. The third-order valence-corrected chi connectivity index (χ3v) is 6.25. The van der Waals surface area contributed by atoms with Crippen molar-refractivity contribution in [3.8, 4) is 0 Å². The molecule has 0 saturated heterocycles. The third-order valence-electron chi connectivity index (χ3n) is 6.00. The normalized spacial score (nSPS) is 17.9. The van der Waals surface area contributed by atoms with Crippen molar-refractivity contribution in [1.82, 2.24) is 4.90 Å². The fourth-order valence-electron chi connectivity index (χ4n) is 4.43. The van der Waals surface area contributed by atoms with E-state index >= 15 is 0 Å². The summed E-state index contributed by atoms with van der Waals surface area (Å²) in [6.45, 7) is 3.98. The van der Waals surface area contributed by atoms with Crippen LogP contribution in [0.5, 0.6) is 0 Å². The van der Waals surface area contributed by atoms with Crippen LogP contribution < -0.4 is 5.32 Å². The lowest BCUT2D eigenvalue weighted by atomic mass is 9.88. The molecule has 2 aromatic rings. The summed E-state index contributed by atoms with van der Waals surface area (Å²) in [5.41, 5.74) is 3.46. The van der Waals surface area contributed by atoms with Crippen molar-refractivity contribution in [1.29, 1.82) is 0 Å². The van der Waals surface area contributed by atoms with Gasteiger partial charge in [-0.2, -0.15) is 0 Å². The van der Waals surface area contributed by atoms with E-state index in [-0.39, 0.29) is 18.4 Å². The minimum Gasteiger partial charge on any atom is -0.324 e. The molecule has 30 heavy (non-hydrogen) atoms. The Balaban J connectivity index is 1.58. The number of nitrogens with one attached hydrogen (secondary N) is 1. The first-order valence-electron chi connectivity index (χ1n) is 10.4. The molecule has 1 spiro atoms. The van der Waals surface area contributed by atoms with Crippen molar-refractivity contribution < 1.29 is 9.59 Å². The summed E-state index contributed by atoms with van der Waals surface area (Å²) in [6, 6.07) is 13.0. The average molecular weight is 424 g/mol. The topological polar surface area (TPSA) is 61.8 Å². The maximum atomic E-state index is 13.3. The van der Waals surface area contributed by atoms with Gasteiger partial charge in [0.2, 0.25) is 5.91 Å². The van der Waals surface area contributed by atoms with Crippen molar-refractivity contribution >= 4 is 34.8 Å². The summed E-state index contributed by atoms with van der Waals surface area (Å²) in [5.74, 6) is -0.386. The number of halogens is 1. The van der Waals surface area contributed by atoms with Crippen LogP contribution in [0.4, 0.5) is 5.69 Å². The van der Waals surface area contributed by atoms with Crippen LogP contribution in [0.3, 0.4) is 0 Å². The zero-order chi connectivity index (χ0) is 21.3. The molecule has 5 nitrogen and oxygen atoms in total. The fourth-order valence-corrected chi connectivity index (χ4v) is 4.56. The summed E-state index contributed by atoms with van der Waals surface area (Å²) in [6.07, 6.45) is 4.70. The highest BCUT2D eigenvalue weighted by atomic mass is 35.5. The van der Waals surface area contributed by atoms with E-state index in [9.17, 15) is 9.59 Å². The molecule has 0 atom stereocenters. The van der Waals surface area contributed by atoms with E-state index < -0.39 is 5.66 Å². The quantitative estimate of drug-likeness (QED) is 0.761. The Kier molecular flexibility index (Phi) is 5.65. The number of hydrogen-bond donors (Lipinski definition) is 1. The van der Waals surface area contributed by atoms with Crippen molar-refractivity contribution in [3.05, 3.63) is 64.2 Å². The van der Waals surface area contributed by atoms with Crippen LogP contribution in [0, 0.1) is 13.8 Å². The van der Waals surface area contributed by atoms with Gasteiger partial charge in [0.05, 0.1) is 0 Å². The number of benzene rings is 2. The molecule has 4 rings (SSSR count). The van der Waals surface area contributed by atoms with Crippen molar-refractivity contribution in [3.63, 3.8) is 0 Å². The number of carbonyl (C=O) groups is 2. The van der Waals surface area contributed by atoms with Crippen LogP contribution in [0.2, 0.25) is 5.02 Å². The molecule has 0 radical (unpaired) electrons. The van der Waals surface area contributed by atoms with Crippen LogP contribution in [-0.4, -0.2) is 34.6 Å². The van der Waals surface area contributed by atoms with Crippen LogP contribution in [-0.2, 0) is 9.59 Å². The molecule has 0 aromatic heterocycles. The second kappa shape index (κ2) is 8.23. The number of amides is 2. The Morgan fingerprint density at radius 3 is 2.47 bits per heavy atom. The molecule has 2 aliphatic rings. The highest BCUT2D eigenvalue weighted by molar-refractivity contribution is 6.47. The number of aryl methyl sites for hydroxylation is 2. The molecule has 1 aliphatic carbocycles. The van der Waals surface area contributed by atoms with Gasteiger partial charge in [-0.25, -0.2) is 0 Å². The second-order valence-electron chi connectivity index (χ2n) is 8.27. The van der Waals surface area contributed by atoms with Gasteiger partial charge in [-0.3, -0.25) is 14.6 Å². The van der Waals surface area contributed by atoms with Crippen LogP contribution >= 0.6 is 11.6 Å². The van der Waals surface area contributed by atoms with Crippen LogP contribution in [0.1, 0.15) is 48.8 Å². The maximum absolute atomic E-state index is 13.3. The zero-order valence-electron chi connectivity index (χ0n) is 17.4. The van der Waals surface area contributed by atoms with Gasteiger partial charge in [-0.05, 0) is 63.3 Å². The summed E-state index contributed by atoms with van der Waals surface area (Å²) in [5, 5.41) is 3.58. The molecule has 1 N–H and O–H groups in total. The van der Waals surface area contributed by atoms with E-state index in [1.54, 1.807) is 17.0 Å². The molecule has 2 aromatic carbocycles. The van der Waals surface area contributed by atoms with E-state index in [0.717, 1.165) is 54.5 Å². The third kappa shape index (κ3) is 3.99. The summed E-state index contributed by atoms with van der Waals surface area (Å²) in [7, 11) is 0. The van der Waals surface area contributed by atoms with E-state index in [4.69, 9.17) is 16.6 Å². The largest absolute Gasteiger partial charge is 0.324 e. The first kappa shape index (κ1) is 20.6. The first-order valence-corrected chi connectivity index (χ1v) is 10.8. The SMILES string of the molecule is Cc1ccc(NC(=O)CN2C(=O)C(c3ccc(Cl)cc3)=NC23CCCCC3)c(C)c1. The maximum Gasteiger partial charge on any atom is 0.275 e. The molecule has 1 saturated carbocycles. The molecule has 156 valence electrons. The lowest BCUT2D eigenvalue weighted by Gasteiger charge is -2.38. The standard InChI is InChI=1S/C24H26ClN3O2/c1-16-6-11-20(17(2)14-16)26-21(29)15-28-23(30)22(18-7-9-19(25)10-8-18)27-24(28)12-4-3-5-13-24/h6-11,14H,3-5,12-13,15H2,1-2H3,(H,26,29). The minimum absolute atomic E-state index is 0.00720. The van der Waals surface area contributed by atoms with Gasteiger partial charge >= 0.3 is 0 Å². The van der Waals surface area contributed by atoms with Gasteiger partial charge in [-0.15, -0.1) is 0 Å². The van der Waals surface area contributed by atoms with E-state index in [1.165, 1.54) is 0 Å². The molecule has 2 amide bonds. The number of anilines is 1. The first-order chi connectivity index (χ1) is 14.4. The molecule has 1 aliphatic heterocycles. The fraction of sp³-hybridized carbons (Fsp3) is 0.375. The second-order valence-corrected chi connectivity index (χ2v) is 8.70. The molecular weight excluding hydrogens is 398 g/mol. The number of hydrogen-bond acceptors (Lipinski definition) is 3. The van der Waals surface area contributed by atoms with Crippen LogP contribution in [0.15, 0.2) is 47.5 Å². The Hall–Kier alpha value is -2.66. The Bertz CT molecular complexity index is 1010. The monoisotopic (exact) mass is 423 g/mol.